The first-order valence-corrected chi connectivity index (χ1v) is 3.77. The minimum atomic E-state index is 0.531. The van der Waals surface area contributed by atoms with Crippen molar-refractivity contribution in [3.63, 3.8) is 0 Å². The molecule has 0 bridgehead atoms. The fourth-order valence-corrected chi connectivity index (χ4v) is 0.979. The predicted octanol–water partition coefficient (Wildman–Crippen LogP) is 1.09. The van der Waals surface area contributed by atoms with Crippen LogP contribution in [-0.4, -0.2) is 17.7 Å². The van der Waals surface area contributed by atoms with Crippen molar-refractivity contribution in [1.29, 1.82) is 5.41 Å². The Balaban J connectivity index is 3.09. The molecule has 0 unspecified atom stereocenters. The maximum Gasteiger partial charge on any atom is 0.0636 e. The zero-order valence-corrected chi connectivity index (χ0v) is 6.96. The lowest BCUT2D eigenvalue weighted by Gasteiger charge is -2.07. The lowest BCUT2D eigenvalue weighted by molar-refractivity contribution is 1.19. The van der Waals surface area contributed by atoms with Crippen molar-refractivity contribution >= 4 is 17.6 Å². The van der Waals surface area contributed by atoms with Crippen LogP contribution in [0.3, 0.4) is 0 Å². The van der Waals surface area contributed by atoms with E-state index in [1.54, 1.807) is 12.4 Å². The van der Waals surface area contributed by atoms with Crippen LogP contribution in [0.15, 0.2) is 12.4 Å². The number of hydrogen-bond donors (Lipinski definition) is 3. The molecule has 0 amide bonds. The number of nitrogens with two attached hydrogens (primary N) is 1. The molecule has 0 aliphatic rings. The Kier molecular flexibility index (Phi) is 2.63. The van der Waals surface area contributed by atoms with Crippen molar-refractivity contribution in [3.05, 3.63) is 18.0 Å². The van der Waals surface area contributed by atoms with Crippen LogP contribution < -0.4 is 11.1 Å². The topological polar surface area (TPSA) is 74.8 Å². The van der Waals surface area contributed by atoms with Crippen LogP contribution in [0.2, 0.25) is 0 Å². The van der Waals surface area contributed by atoms with Gasteiger partial charge in [-0.15, -0.1) is 0 Å². The van der Waals surface area contributed by atoms with Gasteiger partial charge in [-0.05, 0) is 6.92 Å². The minimum Gasteiger partial charge on any atom is -0.397 e. The molecule has 0 fully saturated rings. The summed E-state index contributed by atoms with van der Waals surface area (Å²) in [5, 5.41) is 10.2. The molecule has 1 aromatic rings. The summed E-state index contributed by atoms with van der Waals surface area (Å²) >= 11 is 0. The van der Waals surface area contributed by atoms with E-state index in [0.717, 1.165) is 12.2 Å². The van der Waals surface area contributed by atoms with Gasteiger partial charge in [0.1, 0.15) is 0 Å². The van der Waals surface area contributed by atoms with E-state index in [1.807, 2.05) is 6.92 Å². The first kappa shape index (κ1) is 8.52. The average Bonchev–Trinajstić information content (AvgIpc) is 2.05. The van der Waals surface area contributed by atoms with Gasteiger partial charge in [0.05, 0.1) is 23.8 Å². The Bertz CT molecular complexity index is 282. The first-order chi connectivity index (χ1) is 5.79. The van der Waals surface area contributed by atoms with Gasteiger partial charge in [-0.25, -0.2) is 0 Å². The van der Waals surface area contributed by atoms with Gasteiger partial charge in [0.15, 0.2) is 0 Å². The molecule has 4 nitrogen and oxygen atoms in total. The van der Waals surface area contributed by atoms with E-state index in [4.69, 9.17) is 11.1 Å². The van der Waals surface area contributed by atoms with Crippen LogP contribution in [-0.2, 0) is 0 Å². The molecule has 12 heavy (non-hydrogen) atoms. The lowest BCUT2D eigenvalue weighted by Crippen LogP contribution is -2.03. The average molecular weight is 164 g/mol. The number of nitrogens with one attached hydrogen (secondary N) is 2. The summed E-state index contributed by atoms with van der Waals surface area (Å²) < 4.78 is 0. The van der Waals surface area contributed by atoms with Crippen molar-refractivity contribution in [2.45, 2.75) is 6.92 Å². The van der Waals surface area contributed by atoms with Gasteiger partial charge in [-0.3, -0.25) is 4.98 Å². The van der Waals surface area contributed by atoms with Gasteiger partial charge in [0, 0.05) is 18.3 Å². The summed E-state index contributed by atoms with van der Waals surface area (Å²) in [7, 11) is 0. The Labute approximate surface area is 71.3 Å². The van der Waals surface area contributed by atoms with Crippen LogP contribution >= 0.6 is 0 Å². The highest BCUT2D eigenvalue weighted by molar-refractivity contribution is 5.92. The van der Waals surface area contributed by atoms with E-state index in [2.05, 4.69) is 10.3 Å². The van der Waals surface area contributed by atoms with Crippen molar-refractivity contribution in [3.8, 4) is 0 Å². The molecule has 4 heteroatoms. The fourth-order valence-electron chi connectivity index (χ4n) is 0.979. The molecule has 1 heterocycles. The standard InChI is InChI=1S/C8H12N4/c1-2-12-8-5-11-4-7(10)6(8)3-9/h3-5,9,12H,2,10H2,1H3. The minimum absolute atomic E-state index is 0.531. The summed E-state index contributed by atoms with van der Waals surface area (Å²) in [4.78, 5) is 3.92. The van der Waals surface area contributed by atoms with Crippen LogP contribution in [0.1, 0.15) is 12.5 Å². The molecule has 0 radical (unpaired) electrons. The molecule has 0 aliphatic carbocycles. The SMILES string of the molecule is CCNc1cncc(N)c1C=N. The molecular weight excluding hydrogens is 152 g/mol. The summed E-state index contributed by atoms with van der Waals surface area (Å²) in [5.74, 6) is 0. The second kappa shape index (κ2) is 3.71. The Morgan fingerprint density at radius 2 is 2.42 bits per heavy atom. The van der Waals surface area contributed by atoms with Crippen molar-refractivity contribution in [2.24, 2.45) is 0 Å². The van der Waals surface area contributed by atoms with Gasteiger partial charge >= 0.3 is 0 Å². The second-order valence-corrected chi connectivity index (χ2v) is 2.36. The zero-order chi connectivity index (χ0) is 8.97. The number of pyridine rings is 1. The quantitative estimate of drug-likeness (QED) is 0.585. The molecule has 1 aromatic heterocycles. The molecule has 64 valence electrons. The van der Waals surface area contributed by atoms with E-state index in [-0.39, 0.29) is 0 Å². The number of nitrogen functional groups attached to an aromatic ring is 1. The van der Waals surface area contributed by atoms with E-state index in [1.165, 1.54) is 6.21 Å². The normalized spacial score (nSPS) is 9.42. The van der Waals surface area contributed by atoms with Crippen LogP contribution in [0.25, 0.3) is 0 Å². The summed E-state index contributed by atoms with van der Waals surface area (Å²) in [6.45, 7) is 2.78. The predicted molar refractivity (Wildman–Crippen MR) is 50.7 cm³/mol. The summed E-state index contributed by atoms with van der Waals surface area (Å²) in [5.41, 5.74) is 7.65. The number of rotatable bonds is 3. The highest BCUT2D eigenvalue weighted by Crippen LogP contribution is 2.17. The monoisotopic (exact) mass is 164 g/mol. The van der Waals surface area contributed by atoms with Crippen LogP contribution in [0.4, 0.5) is 11.4 Å². The second-order valence-electron chi connectivity index (χ2n) is 2.36. The highest BCUT2D eigenvalue weighted by Gasteiger charge is 2.01. The van der Waals surface area contributed by atoms with Gasteiger partial charge in [0.2, 0.25) is 0 Å². The molecular formula is C8H12N4. The number of nitrogens with zero attached hydrogens (tertiary/aromatic N) is 1. The molecule has 0 aliphatic heterocycles. The van der Waals surface area contributed by atoms with Gasteiger partial charge in [-0.1, -0.05) is 0 Å². The smallest absolute Gasteiger partial charge is 0.0636 e. The maximum atomic E-state index is 7.13. The van der Waals surface area contributed by atoms with E-state index in [9.17, 15) is 0 Å². The number of aromatic nitrogens is 1. The van der Waals surface area contributed by atoms with Crippen molar-refractivity contribution < 1.29 is 0 Å². The third-order valence-corrected chi connectivity index (χ3v) is 1.53. The number of anilines is 2. The number of hydrogen-bond acceptors (Lipinski definition) is 4. The first-order valence-electron chi connectivity index (χ1n) is 3.77. The largest absolute Gasteiger partial charge is 0.397 e. The van der Waals surface area contributed by atoms with E-state index < -0.39 is 0 Å². The Morgan fingerprint density at radius 1 is 1.67 bits per heavy atom. The van der Waals surface area contributed by atoms with Gasteiger partial charge in [0.25, 0.3) is 0 Å². The van der Waals surface area contributed by atoms with Crippen molar-refractivity contribution in [1.82, 2.24) is 4.98 Å². The highest BCUT2D eigenvalue weighted by atomic mass is 14.9. The van der Waals surface area contributed by atoms with E-state index in [0.29, 0.717) is 11.3 Å². The third-order valence-electron chi connectivity index (χ3n) is 1.53. The lowest BCUT2D eigenvalue weighted by atomic mass is 10.2. The third kappa shape index (κ3) is 1.53. The van der Waals surface area contributed by atoms with Gasteiger partial charge in [-0.2, -0.15) is 0 Å². The zero-order valence-electron chi connectivity index (χ0n) is 6.96. The molecule has 0 spiro atoms. The molecule has 1 rings (SSSR count). The molecule has 0 saturated carbocycles. The molecule has 4 N–H and O–H groups in total. The van der Waals surface area contributed by atoms with Crippen molar-refractivity contribution in [2.75, 3.05) is 17.6 Å². The van der Waals surface area contributed by atoms with Gasteiger partial charge < -0.3 is 16.5 Å². The fraction of sp³-hybridized carbons (Fsp3) is 0.250. The maximum absolute atomic E-state index is 7.13. The Hall–Kier alpha value is -1.58. The Morgan fingerprint density at radius 3 is 3.00 bits per heavy atom. The molecule has 0 saturated heterocycles. The summed E-state index contributed by atoms with van der Waals surface area (Å²) in [6, 6.07) is 0. The molecule has 0 aromatic carbocycles. The molecule has 0 atom stereocenters. The summed E-state index contributed by atoms with van der Waals surface area (Å²) in [6.07, 6.45) is 4.44. The van der Waals surface area contributed by atoms with E-state index >= 15 is 0 Å². The van der Waals surface area contributed by atoms with Crippen LogP contribution in [0, 0.1) is 5.41 Å². The van der Waals surface area contributed by atoms with Crippen LogP contribution in [0.5, 0.6) is 0 Å².